The first-order valence-electron chi connectivity index (χ1n) is 4.63. The third-order valence-corrected chi connectivity index (χ3v) is 2.70. The van der Waals surface area contributed by atoms with Crippen LogP contribution >= 0.6 is 0 Å². The molecule has 1 fully saturated rings. The number of likely N-dealkylation sites (tertiary alicyclic amines) is 1. The summed E-state index contributed by atoms with van der Waals surface area (Å²) in [6.45, 7) is 1.25. The van der Waals surface area contributed by atoms with Crippen molar-refractivity contribution in [2.45, 2.75) is 18.9 Å². The first-order chi connectivity index (χ1) is 5.88. The first kappa shape index (κ1) is 7.81. The van der Waals surface area contributed by atoms with Gasteiger partial charge < -0.3 is 0 Å². The van der Waals surface area contributed by atoms with Crippen LogP contribution in [0.15, 0.2) is 30.3 Å². The predicted octanol–water partition coefficient (Wildman–Crippen LogP) is 2.45. The van der Waals surface area contributed by atoms with Gasteiger partial charge in [-0.2, -0.15) is 0 Å². The van der Waals surface area contributed by atoms with Gasteiger partial charge in [0, 0.05) is 6.04 Å². The van der Waals surface area contributed by atoms with E-state index >= 15 is 0 Å². The molecule has 1 saturated heterocycles. The molecule has 1 aromatic rings. The van der Waals surface area contributed by atoms with E-state index in [0.29, 0.717) is 6.04 Å². The van der Waals surface area contributed by atoms with Crippen molar-refractivity contribution in [2.75, 3.05) is 13.6 Å². The molecule has 0 aliphatic carbocycles. The summed E-state index contributed by atoms with van der Waals surface area (Å²) >= 11 is 0. The fourth-order valence-electron chi connectivity index (χ4n) is 2.01. The van der Waals surface area contributed by atoms with Crippen molar-refractivity contribution in [2.24, 2.45) is 0 Å². The van der Waals surface area contributed by atoms with Crippen LogP contribution in [0.5, 0.6) is 0 Å². The maximum Gasteiger partial charge on any atom is 0.0345 e. The lowest BCUT2D eigenvalue weighted by molar-refractivity contribution is 0.317. The lowest BCUT2D eigenvalue weighted by Crippen LogP contribution is -2.17. The largest absolute Gasteiger partial charge is 0.299 e. The molecule has 12 heavy (non-hydrogen) atoms. The van der Waals surface area contributed by atoms with Crippen molar-refractivity contribution in [3.63, 3.8) is 0 Å². The summed E-state index contributed by atoms with van der Waals surface area (Å²) in [6.07, 6.45) is 2.66. The normalized spacial score (nSPS) is 24.6. The van der Waals surface area contributed by atoms with Crippen LogP contribution in [0.4, 0.5) is 0 Å². The molecule has 2 rings (SSSR count). The van der Waals surface area contributed by atoms with Crippen LogP contribution in [0.1, 0.15) is 24.4 Å². The van der Waals surface area contributed by atoms with E-state index in [0.717, 1.165) is 0 Å². The van der Waals surface area contributed by atoms with Gasteiger partial charge in [-0.3, -0.25) is 4.90 Å². The van der Waals surface area contributed by atoms with Crippen molar-refractivity contribution in [1.29, 1.82) is 0 Å². The molecule has 1 aromatic carbocycles. The van der Waals surface area contributed by atoms with E-state index in [1.807, 2.05) is 0 Å². The third kappa shape index (κ3) is 1.37. The number of hydrogen-bond acceptors (Lipinski definition) is 1. The topological polar surface area (TPSA) is 3.24 Å². The quantitative estimate of drug-likeness (QED) is 0.611. The molecule has 1 aliphatic heterocycles. The van der Waals surface area contributed by atoms with Gasteiger partial charge in [0.15, 0.2) is 0 Å². The van der Waals surface area contributed by atoms with Crippen LogP contribution in [-0.4, -0.2) is 18.5 Å². The Bertz CT molecular complexity index is 242. The lowest BCUT2D eigenvalue weighted by Gasteiger charge is -2.19. The fraction of sp³-hybridized carbons (Fsp3) is 0.455. The van der Waals surface area contributed by atoms with Crippen LogP contribution < -0.4 is 0 Å². The SMILES string of the molecule is CN1CCC[C@H]1c1ccccc1. The van der Waals surface area contributed by atoms with E-state index in [9.17, 15) is 0 Å². The summed E-state index contributed by atoms with van der Waals surface area (Å²) in [5.41, 5.74) is 1.47. The number of nitrogens with zero attached hydrogens (tertiary/aromatic N) is 1. The second kappa shape index (κ2) is 3.28. The molecule has 1 heteroatoms. The van der Waals surface area contributed by atoms with Crippen LogP contribution in [0.3, 0.4) is 0 Å². The molecule has 1 aliphatic rings. The molecule has 1 heterocycles. The zero-order valence-corrected chi connectivity index (χ0v) is 7.53. The number of hydrogen-bond donors (Lipinski definition) is 0. The molecule has 0 unspecified atom stereocenters. The Morgan fingerprint density at radius 1 is 1.25 bits per heavy atom. The summed E-state index contributed by atoms with van der Waals surface area (Å²) < 4.78 is 0. The Labute approximate surface area is 74.0 Å². The summed E-state index contributed by atoms with van der Waals surface area (Å²) in [7, 11) is 2.21. The fourth-order valence-corrected chi connectivity index (χ4v) is 2.01. The molecule has 0 N–H and O–H groups in total. The Kier molecular flexibility index (Phi) is 2.13. The highest BCUT2D eigenvalue weighted by atomic mass is 15.1. The highest BCUT2D eigenvalue weighted by Gasteiger charge is 2.21. The van der Waals surface area contributed by atoms with Crippen LogP contribution in [-0.2, 0) is 0 Å². The molecular formula is C11H15N. The molecule has 64 valence electrons. The van der Waals surface area contributed by atoms with E-state index in [-0.39, 0.29) is 0 Å². The molecule has 0 bridgehead atoms. The van der Waals surface area contributed by atoms with E-state index in [1.54, 1.807) is 0 Å². The average Bonchev–Trinajstić information content (AvgIpc) is 2.53. The molecule has 1 atom stereocenters. The molecule has 1 nitrogen and oxygen atoms in total. The molecule has 0 saturated carbocycles. The Balaban J connectivity index is 2.19. The summed E-state index contributed by atoms with van der Waals surface area (Å²) in [5, 5.41) is 0. The van der Waals surface area contributed by atoms with Gasteiger partial charge in [-0.25, -0.2) is 0 Å². The zero-order valence-electron chi connectivity index (χ0n) is 7.53. The minimum atomic E-state index is 0.672. The Hall–Kier alpha value is -0.820. The van der Waals surface area contributed by atoms with Gasteiger partial charge in [0.25, 0.3) is 0 Å². The average molecular weight is 161 g/mol. The van der Waals surface area contributed by atoms with Gasteiger partial charge in [-0.05, 0) is 32.0 Å². The van der Waals surface area contributed by atoms with Crippen molar-refractivity contribution >= 4 is 0 Å². The molecule has 0 aromatic heterocycles. The minimum absolute atomic E-state index is 0.672. The summed E-state index contributed by atoms with van der Waals surface area (Å²) in [4.78, 5) is 2.44. The smallest absolute Gasteiger partial charge is 0.0345 e. The van der Waals surface area contributed by atoms with Crippen molar-refractivity contribution in [3.05, 3.63) is 35.9 Å². The highest BCUT2D eigenvalue weighted by molar-refractivity contribution is 5.19. The number of benzene rings is 1. The van der Waals surface area contributed by atoms with Gasteiger partial charge in [0.2, 0.25) is 0 Å². The molecule has 0 amide bonds. The predicted molar refractivity (Wildman–Crippen MR) is 51.0 cm³/mol. The third-order valence-electron chi connectivity index (χ3n) is 2.70. The van der Waals surface area contributed by atoms with Gasteiger partial charge in [-0.1, -0.05) is 30.3 Å². The highest BCUT2D eigenvalue weighted by Crippen LogP contribution is 2.29. The zero-order chi connectivity index (χ0) is 8.39. The number of rotatable bonds is 1. The lowest BCUT2D eigenvalue weighted by atomic mass is 10.1. The van der Waals surface area contributed by atoms with Gasteiger partial charge in [0.1, 0.15) is 0 Å². The maximum atomic E-state index is 2.44. The second-order valence-corrected chi connectivity index (χ2v) is 3.55. The monoisotopic (exact) mass is 161 g/mol. The van der Waals surface area contributed by atoms with E-state index in [1.165, 1.54) is 24.9 Å². The minimum Gasteiger partial charge on any atom is -0.299 e. The van der Waals surface area contributed by atoms with E-state index in [2.05, 4.69) is 42.3 Å². The summed E-state index contributed by atoms with van der Waals surface area (Å²) in [5.74, 6) is 0. The Morgan fingerprint density at radius 3 is 2.58 bits per heavy atom. The van der Waals surface area contributed by atoms with Gasteiger partial charge >= 0.3 is 0 Å². The Morgan fingerprint density at radius 2 is 2.00 bits per heavy atom. The maximum absolute atomic E-state index is 2.44. The standard InChI is InChI=1S/C11H15N/c1-12-9-5-8-11(12)10-6-3-2-4-7-10/h2-4,6-7,11H,5,8-9H2,1H3/t11-/m0/s1. The van der Waals surface area contributed by atoms with E-state index < -0.39 is 0 Å². The van der Waals surface area contributed by atoms with Gasteiger partial charge in [0.05, 0.1) is 0 Å². The van der Waals surface area contributed by atoms with Crippen LogP contribution in [0, 0.1) is 0 Å². The van der Waals surface area contributed by atoms with Crippen LogP contribution in [0.2, 0.25) is 0 Å². The second-order valence-electron chi connectivity index (χ2n) is 3.55. The first-order valence-corrected chi connectivity index (χ1v) is 4.63. The molecule has 0 radical (unpaired) electrons. The summed E-state index contributed by atoms with van der Waals surface area (Å²) in [6, 6.07) is 11.5. The molecule has 0 spiro atoms. The van der Waals surface area contributed by atoms with E-state index in [4.69, 9.17) is 0 Å². The van der Waals surface area contributed by atoms with Crippen molar-refractivity contribution in [1.82, 2.24) is 4.90 Å². The van der Waals surface area contributed by atoms with Crippen LogP contribution in [0.25, 0.3) is 0 Å². The van der Waals surface area contributed by atoms with Crippen molar-refractivity contribution in [3.8, 4) is 0 Å². The van der Waals surface area contributed by atoms with Gasteiger partial charge in [-0.15, -0.1) is 0 Å². The molecular weight excluding hydrogens is 146 g/mol. The van der Waals surface area contributed by atoms with Crippen molar-refractivity contribution < 1.29 is 0 Å².